The summed E-state index contributed by atoms with van der Waals surface area (Å²) in [5, 5.41) is 4.00. The molecule has 0 aliphatic carbocycles. The van der Waals surface area contributed by atoms with E-state index < -0.39 is 13.3 Å². The summed E-state index contributed by atoms with van der Waals surface area (Å²) in [5.41, 5.74) is 0. The van der Waals surface area contributed by atoms with Crippen molar-refractivity contribution in [1.82, 2.24) is 0 Å². The SMILES string of the molecule is C=CCO/C(Br)=[CH]\[Ge]([CH2]C)([CH2]C)[CH2]C. The number of rotatable bonds is 7. The molecule has 0 aliphatic rings. The van der Waals surface area contributed by atoms with Gasteiger partial charge in [-0.2, -0.15) is 0 Å². The normalized spacial score (nSPS) is 12.7. The van der Waals surface area contributed by atoms with E-state index >= 15 is 0 Å². The Kier molecular flexibility index (Phi) is 7.74. The Morgan fingerprint density at radius 3 is 2.14 bits per heavy atom. The molecule has 0 unspecified atom stereocenters. The maximum atomic E-state index is 5.46. The fourth-order valence-corrected chi connectivity index (χ4v) is 9.75. The number of ether oxygens (including phenoxy) is 1. The van der Waals surface area contributed by atoms with Crippen LogP contribution in [0.5, 0.6) is 0 Å². The Bertz CT molecular complexity index is 189. The molecule has 3 heteroatoms. The van der Waals surface area contributed by atoms with Crippen LogP contribution < -0.4 is 0 Å². The molecule has 0 aromatic carbocycles. The standard InChI is InChI=1S/C11H21BrGeO/c1-5-9-14-11(12)10-13(6-2,7-3)8-4/h5,10H,1,6-9H2,2-4H3/b11-10-. The van der Waals surface area contributed by atoms with Crippen molar-refractivity contribution in [2.75, 3.05) is 6.61 Å². The third kappa shape index (κ3) is 4.69. The van der Waals surface area contributed by atoms with Crippen LogP contribution in [0.15, 0.2) is 22.2 Å². The van der Waals surface area contributed by atoms with Gasteiger partial charge in [0.05, 0.1) is 0 Å². The van der Waals surface area contributed by atoms with E-state index in [1.165, 1.54) is 15.8 Å². The van der Waals surface area contributed by atoms with Crippen LogP contribution in [0, 0.1) is 0 Å². The molecule has 0 aliphatic heterocycles. The van der Waals surface area contributed by atoms with Gasteiger partial charge in [-0.05, 0) is 0 Å². The Hall–Kier alpha value is 0.303. The van der Waals surface area contributed by atoms with E-state index in [0.717, 1.165) is 4.67 Å². The molecule has 0 amide bonds. The van der Waals surface area contributed by atoms with Crippen LogP contribution in [-0.2, 0) is 4.74 Å². The second-order valence-corrected chi connectivity index (χ2v) is 15.0. The summed E-state index contributed by atoms with van der Waals surface area (Å²) in [6, 6.07) is 0. The Morgan fingerprint density at radius 2 is 1.79 bits per heavy atom. The van der Waals surface area contributed by atoms with Crippen molar-refractivity contribution in [3.63, 3.8) is 0 Å². The third-order valence-corrected chi connectivity index (χ3v) is 14.9. The molecule has 0 rings (SSSR count). The minimum absolute atomic E-state index is 0.590. The molecule has 0 saturated heterocycles. The topological polar surface area (TPSA) is 9.23 Å². The molecule has 14 heavy (non-hydrogen) atoms. The van der Waals surface area contributed by atoms with Gasteiger partial charge in [-0.3, -0.25) is 0 Å². The predicted octanol–water partition coefficient (Wildman–Crippen LogP) is 4.47. The zero-order valence-corrected chi connectivity index (χ0v) is 13.2. The molecular formula is C11H21BrGeO. The summed E-state index contributed by atoms with van der Waals surface area (Å²) in [7, 11) is 0. The molecule has 0 spiro atoms. The molecule has 0 heterocycles. The number of hydrogen-bond donors (Lipinski definition) is 0. The van der Waals surface area contributed by atoms with Gasteiger partial charge in [0.15, 0.2) is 0 Å². The third-order valence-electron chi connectivity index (χ3n) is 2.87. The van der Waals surface area contributed by atoms with E-state index in [2.05, 4.69) is 48.2 Å². The van der Waals surface area contributed by atoms with E-state index in [-0.39, 0.29) is 0 Å². The van der Waals surface area contributed by atoms with Gasteiger partial charge in [0.1, 0.15) is 0 Å². The Morgan fingerprint density at radius 1 is 1.29 bits per heavy atom. The zero-order valence-electron chi connectivity index (χ0n) is 9.48. The molecule has 0 fully saturated rings. The van der Waals surface area contributed by atoms with Crippen molar-refractivity contribution in [2.45, 2.75) is 36.5 Å². The first kappa shape index (κ1) is 14.3. The zero-order chi connectivity index (χ0) is 11.0. The van der Waals surface area contributed by atoms with Gasteiger partial charge in [0.2, 0.25) is 0 Å². The second-order valence-electron chi connectivity index (χ2n) is 3.47. The van der Waals surface area contributed by atoms with Gasteiger partial charge >= 0.3 is 99.3 Å². The molecule has 0 saturated carbocycles. The van der Waals surface area contributed by atoms with Crippen molar-refractivity contribution in [3.8, 4) is 0 Å². The average Bonchev–Trinajstić information content (AvgIpc) is 2.23. The predicted molar refractivity (Wildman–Crippen MR) is 70.4 cm³/mol. The first-order chi connectivity index (χ1) is 6.64. The second kappa shape index (κ2) is 7.58. The van der Waals surface area contributed by atoms with Crippen molar-refractivity contribution in [3.05, 3.63) is 22.2 Å². The molecule has 0 bridgehead atoms. The van der Waals surface area contributed by atoms with Gasteiger partial charge < -0.3 is 0 Å². The van der Waals surface area contributed by atoms with E-state index in [1.807, 2.05) is 0 Å². The quantitative estimate of drug-likeness (QED) is 0.382. The van der Waals surface area contributed by atoms with E-state index in [4.69, 9.17) is 4.74 Å². The van der Waals surface area contributed by atoms with Crippen molar-refractivity contribution in [2.24, 2.45) is 0 Å². The fraction of sp³-hybridized carbons (Fsp3) is 0.636. The molecule has 0 aromatic heterocycles. The molecule has 82 valence electrons. The van der Waals surface area contributed by atoms with Crippen molar-refractivity contribution >= 4 is 29.2 Å². The first-order valence-electron chi connectivity index (χ1n) is 5.26. The van der Waals surface area contributed by atoms with Crippen molar-refractivity contribution in [1.29, 1.82) is 0 Å². The number of hydrogen-bond acceptors (Lipinski definition) is 1. The van der Waals surface area contributed by atoms with Gasteiger partial charge in [-0.25, -0.2) is 0 Å². The van der Waals surface area contributed by atoms with Crippen LogP contribution in [0.2, 0.25) is 15.8 Å². The average molecular weight is 322 g/mol. The Labute approximate surface area is 99.1 Å². The van der Waals surface area contributed by atoms with Crippen LogP contribution in [0.1, 0.15) is 20.8 Å². The van der Waals surface area contributed by atoms with Gasteiger partial charge in [-0.15, -0.1) is 0 Å². The molecule has 0 N–H and O–H groups in total. The van der Waals surface area contributed by atoms with E-state index in [0.29, 0.717) is 6.61 Å². The molecule has 0 atom stereocenters. The fourth-order valence-electron chi connectivity index (χ4n) is 1.48. The van der Waals surface area contributed by atoms with Crippen LogP contribution in [0.4, 0.5) is 0 Å². The maximum absolute atomic E-state index is 5.46. The molecule has 0 aromatic rings. The van der Waals surface area contributed by atoms with Gasteiger partial charge in [0, 0.05) is 0 Å². The summed E-state index contributed by atoms with van der Waals surface area (Å²) < 4.78 is 6.38. The molecule has 1 nitrogen and oxygen atoms in total. The van der Waals surface area contributed by atoms with Crippen LogP contribution in [0.25, 0.3) is 0 Å². The number of halogens is 1. The summed E-state index contributed by atoms with van der Waals surface area (Å²) in [5.74, 6) is 0. The van der Waals surface area contributed by atoms with Crippen LogP contribution in [-0.4, -0.2) is 19.9 Å². The molecular weight excluding hydrogens is 301 g/mol. The molecule has 0 radical (unpaired) electrons. The van der Waals surface area contributed by atoms with Gasteiger partial charge in [0.25, 0.3) is 0 Å². The summed E-state index contributed by atoms with van der Waals surface area (Å²) >= 11 is 1.76. The monoisotopic (exact) mass is 322 g/mol. The van der Waals surface area contributed by atoms with Crippen LogP contribution in [0.3, 0.4) is 0 Å². The van der Waals surface area contributed by atoms with E-state index in [1.54, 1.807) is 6.08 Å². The van der Waals surface area contributed by atoms with Crippen molar-refractivity contribution < 1.29 is 4.74 Å². The van der Waals surface area contributed by atoms with Gasteiger partial charge in [-0.1, -0.05) is 0 Å². The first-order valence-corrected chi connectivity index (χ1v) is 11.7. The summed E-state index contributed by atoms with van der Waals surface area (Å²) in [6.07, 6.45) is 1.77. The van der Waals surface area contributed by atoms with E-state index in [9.17, 15) is 0 Å². The van der Waals surface area contributed by atoms with Crippen LogP contribution >= 0.6 is 15.9 Å². The summed E-state index contributed by atoms with van der Waals surface area (Å²) in [6.45, 7) is 11.1. The minimum atomic E-state index is -1.72. The Balaban J connectivity index is 4.44. The summed E-state index contributed by atoms with van der Waals surface area (Å²) in [4.78, 5) is 2.38.